The largest absolute Gasteiger partial charge is 2.00 e. The number of hydrazone groups is 2. The van der Waals surface area contributed by atoms with E-state index in [4.69, 9.17) is 10.2 Å². The van der Waals surface area contributed by atoms with Crippen LogP contribution in [-0.4, -0.2) is 34.5 Å². The molecule has 13 heteroatoms. The zero-order valence-corrected chi connectivity index (χ0v) is 28.2. The molecule has 8 nitrogen and oxygen atoms in total. The summed E-state index contributed by atoms with van der Waals surface area (Å²) in [7, 11) is 0. The van der Waals surface area contributed by atoms with E-state index in [9.17, 15) is 9.59 Å². The topological polar surface area (TPSA) is 129 Å². The van der Waals surface area contributed by atoms with Crippen LogP contribution in [-0.2, 0) is 16.8 Å². The van der Waals surface area contributed by atoms with Crippen LogP contribution in [0.15, 0.2) is 113 Å². The molecule has 0 heterocycles. The Kier molecular flexibility index (Phi) is 14.4. The maximum atomic E-state index is 11.8. The van der Waals surface area contributed by atoms with Gasteiger partial charge in [0.05, 0.1) is 23.6 Å². The van der Waals surface area contributed by atoms with E-state index in [0.29, 0.717) is 42.7 Å². The molecule has 41 heavy (non-hydrogen) atoms. The molecule has 4 aromatic rings. The minimum absolute atomic E-state index is 0. The summed E-state index contributed by atoms with van der Waals surface area (Å²) in [4.78, 5) is 23.5. The van der Waals surface area contributed by atoms with Crippen molar-refractivity contribution in [3.8, 4) is 11.5 Å². The van der Waals surface area contributed by atoms with E-state index in [1.54, 1.807) is 72.8 Å². The van der Waals surface area contributed by atoms with Crippen LogP contribution in [0, 0.1) is 0 Å². The van der Waals surface area contributed by atoms with Gasteiger partial charge in [0.15, 0.2) is 0 Å². The molecule has 6 N–H and O–H groups in total. The summed E-state index contributed by atoms with van der Waals surface area (Å²) in [6.07, 6.45) is 2.89. The number of hydrogen-bond acceptors (Lipinski definition) is 4. The Bertz CT molecular complexity index is 1440. The van der Waals surface area contributed by atoms with E-state index >= 15 is 0 Å². The van der Waals surface area contributed by atoms with Crippen molar-refractivity contribution in [2.24, 2.45) is 10.2 Å². The van der Waals surface area contributed by atoms with Gasteiger partial charge in [-0.25, -0.2) is 10.9 Å². The van der Waals surface area contributed by atoms with E-state index in [1.807, 2.05) is 12.1 Å². The molecule has 1 radical (unpaired) electrons. The summed E-state index contributed by atoms with van der Waals surface area (Å²) >= 11 is 13.3. The second-order valence-corrected chi connectivity index (χ2v) is 11.4. The van der Waals surface area contributed by atoms with Crippen LogP contribution < -0.4 is 10.9 Å². The van der Waals surface area contributed by atoms with Gasteiger partial charge in [0.2, 0.25) is 0 Å². The average molecular weight is 857 g/mol. The SMILES string of the molecule is O=C(NN=Cc1cc(Br)cc(Br)c1[OH2+])c1ccccc1.O=C(NN=Cc1cc(Br)cc(Br)c1[OH2+])c1ccccc1.[Co+2]. The molecule has 4 aromatic carbocycles. The van der Waals surface area contributed by atoms with Crippen molar-refractivity contribution in [2.75, 3.05) is 0 Å². The fourth-order valence-corrected chi connectivity index (χ4v) is 5.54. The van der Waals surface area contributed by atoms with Crippen LogP contribution in [0.3, 0.4) is 0 Å². The van der Waals surface area contributed by atoms with Crippen LogP contribution in [0.2, 0.25) is 0 Å². The number of nitrogens with zero attached hydrogens (tertiary/aromatic N) is 2. The molecule has 4 rings (SSSR count). The van der Waals surface area contributed by atoms with Gasteiger partial charge in [0, 0.05) is 20.1 Å². The molecule has 0 saturated carbocycles. The normalized spacial score (nSPS) is 10.4. The predicted octanol–water partition coefficient (Wildman–Crippen LogP) is 6.82. The van der Waals surface area contributed by atoms with E-state index in [1.165, 1.54) is 12.4 Å². The first kappa shape index (κ1) is 34.4. The quantitative estimate of drug-likeness (QED) is 0.125. The maximum absolute atomic E-state index is 11.8. The molecular weight excluding hydrogens is 835 g/mol. The second-order valence-electron chi connectivity index (χ2n) is 7.83. The van der Waals surface area contributed by atoms with E-state index < -0.39 is 0 Å². The van der Waals surface area contributed by atoms with Crippen molar-refractivity contribution in [3.05, 3.63) is 125 Å². The second kappa shape index (κ2) is 17.2. The Morgan fingerprint density at radius 2 is 0.951 bits per heavy atom. The van der Waals surface area contributed by atoms with Gasteiger partial charge in [-0.1, -0.05) is 68.3 Å². The Balaban J connectivity index is 0.000000280. The first-order valence-corrected chi connectivity index (χ1v) is 14.5. The molecule has 211 valence electrons. The summed E-state index contributed by atoms with van der Waals surface area (Å²) in [5.74, 6) is 0.0432. The first-order chi connectivity index (χ1) is 19.2. The Hall–Kier alpha value is -2.81. The fourth-order valence-electron chi connectivity index (χ4n) is 3.02. The molecule has 0 fully saturated rings. The number of carbonyl (C=O) groups is 2. The Morgan fingerprint density at radius 1 is 0.610 bits per heavy atom. The van der Waals surface area contributed by atoms with Crippen LogP contribution in [0.1, 0.15) is 31.8 Å². The van der Waals surface area contributed by atoms with Crippen molar-refractivity contribution in [2.45, 2.75) is 0 Å². The number of carbonyl (C=O) groups excluding carboxylic acids is 2. The minimum Gasteiger partial charge on any atom is -0.592 e. The summed E-state index contributed by atoms with van der Waals surface area (Å²) in [5.41, 5.74) is 7.12. The molecule has 0 saturated heterocycles. The van der Waals surface area contributed by atoms with Crippen LogP contribution >= 0.6 is 63.7 Å². The molecule has 0 aliphatic heterocycles. The smallest absolute Gasteiger partial charge is 0.592 e. The molecule has 2 amide bonds. The standard InChI is InChI=1S/2C14H10Br2N2O2.Co/c2*15-11-6-10(13(19)12(16)7-11)8-17-18-14(20)9-4-2-1-3-5-9;/h2*1-8,19H,(H,18,20);/q;;+2/p+2. The van der Waals surface area contributed by atoms with Gasteiger partial charge in [-0.2, -0.15) is 10.2 Å². The molecule has 0 aliphatic carbocycles. The summed E-state index contributed by atoms with van der Waals surface area (Å²) in [5, 5.41) is 23.5. The van der Waals surface area contributed by atoms with Gasteiger partial charge in [0.25, 0.3) is 23.3 Å². The molecule has 0 aliphatic rings. The zero-order valence-electron chi connectivity index (χ0n) is 20.8. The molecule has 0 aromatic heterocycles. The Morgan fingerprint density at radius 3 is 1.29 bits per heavy atom. The minimum atomic E-state index is -0.289. The molecule has 0 spiro atoms. The van der Waals surface area contributed by atoms with Crippen molar-refractivity contribution in [1.82, 2.24) is 10.9 Å². The summed E-state index contributed by atoms with van der Waals surface area (Å²) in [6, 6.07) is 24.7. The molecule has 0 bridgehead atoms. The number of rotatable bonds is 6. The number of benzene rings is 4. The number of halogens is 4. The van der Waals surface area contributed by atoms with Gasteiger partial charge in [0.1, 0.15) is 8.95 Å². The molecular formula is C28H22Br4CoN4O4+4. The van der Waals surface area contributed by atoms with E-state index in [-0.39, 0.29) is 28.6 Å². The number of nitrogens with one attached hydrogen (secondary N) is 2. The third-order valence-electron chi connectivity index (χ3n) is 4.98. The van der Waals surface area contributed by atoms with Crippen LogP contribution in [0.25, 0.3) is 0 Å². The van der Waals surface area contributed by atoms with Gasteiger partial charge in [-0.15, -0.1) is 0 Å². The summed E-state index contributed by atoms with van der Waals surface area (Å²) in [6.45, 7) is 0. The average Bonchev–Trinajstić information content (AvgIpc) is 2.95. The first-order valence-electron chi connectivity index (χ1n) is 11.3. The Labute approximate surface area is 280 Å². The van der Waals surface area contributed by atoms with Gasteiger partial charge in [-0.3, -0.25) is 9.59 Å². The monoisotopic (exact) mass is 853 g/mol. The molecule has 0 atom stereocenters. The third-order valence-corrected chi connectivity index (χ3v) is 7.15. The third kappa shape index (κ3) is 10.8. The summed E-state index contributed by atoms with van der Waals surface area (Å²) < 4.78 is 2.97. The van der Waals surface area contributed by atoms with Crippen LogP contribution in [0.5, 0.6) is 11.5 Å². The van der Waals surface area contributed by atoms with Gasteiger partial charge < -0.3 is 10.2 Å². The fraction of sp³-hybridized carbons (Fsp3) is 0. The van der Waals surface area contributed by atoms with Crippen LogP contribution in [0.4, 0.5) is 0 Å². The van der Waals surface area contributed by atoms with E-state index in [2.05, 4.69) is 84.8 Å². The number of hydrogen-bond donors (Lipinski definition) is 2. The zero-order chi connectivity index (χ0) is 29.1. The predicted molar refractivity (Wildman–Crippen MR) is 173 cm³/mol. The van der Waals surface area contributed by atoms with Crippen molar-refractivity contribution >= 4 is 88.0 Å². The number of amides is 2. The van der Waals surface area contributed by atoms with Crippen molar-refractivity contribution in [1.29, 1.82) is 0 Å². The van der Waals surface area contributed by atoms with E-state index in [0.717, 1.165) is 8.95 Å². The van der Waals surface area contributed by atoms with Gasteiger partial charge in [-0.05, 0) is 80.4 Å². The molecule has 0 unspecified atom stereocenters. The van der Waals surface area contributed by atoms with Crippen molar-refractivity contribution < 1.29 is 36.6 Å². The maximum Gasteiger partial charge on any atom is 2.00 e. The van der Waals surface area contributed by atoms with Gasteiger partial charge >= 0.3 is 16.8 Å². The van der Waals surface area contributed by atoms with Crippen molar-refractivity contribution in [3.63, 3.8) is 0 Å².